The highest BCUT2D eigenvalue weighted by Crippen LogP contribution is 2.38. The summed E-state index contributed by atoms with van der Waals surface area (Å²) in [4.78, 5) is 4.60. The number of rotatable bonds is 5. The van der Waals surface area contributed by atoms with Gasteiger partial charge in [0.25, 0.3) is 0 Å². The van der Waals surface area contributed by atoms with Gasteiger partial charge in [0, 0.05) is 28.4 Å². The van der Waals surface area contributed by atoms with E-state index in [0.29, 0.717) is 9.92 Å². The van der Waals surface area contributed by atoms with Crippen LogP contribution in [0.15, 0.2) is 41.7 Å². The first-order valence-corrected chi connectivity index (χ1v) is 10.8. The van der Waals surface area contributed by atoms with Crippen molar-refractivity contribution < 1.29 is 28.8 Å². The standard InChI is InChI=1S/C20H19ClF2N4O4S/c1-9-13(22)2-10(3-14(9)23)15-7-27(26-25-15)17-18(29)16(8-28)31-20(19(17)30)32-12-4-11(21)5-24-6-12/h2-7,16-20,28-30H,8H2,1H3/t16?,17?,18-,19?,20+/m0/s1. The van der Waals surface area contributed by atoms with E-state index in [1.54, 1.807) is 6.07 Å². The molecule has 3 heterocycles. The monoisotopic (exact) mass is 484 g/mol. The van der Waals surface area contributed by atoms with Gasteiger partial charge in [-0.3, -0.25) is 4.98 Å². The summed E-state index contributed by atoms with van der Waals surface area (Å²) in [6.07, 6.45) is 0.733. The second kappa shape index (κ2) is 9.38. The highest BCUT2D eigenvalue weighted by molar-refractivity contribution is 7.99. The van der Waals surface area contributed by atoms with Crippen LogP contribution in [0, 0.1) is 18.6 Å². The van der Waals surface area contributed by atoms with Crippen LogP contribution in [0.25, 0.3) is 11.3 Å². The number of nitrogens with zero attached hydrogens (tertiary/aromatic N) is 4. The lowest BCUT2D eigenvalue weighted by molar-refractivity contribution is -0.178. The molecule has 8 nitrogen and oxygen atoms in total. The molecule has 3 aromatic rings. The molecule has 0 amide bonds. The Labute approximate surface area is 190 Å². The average molecular weight is 485 g/mol. The Hall–Kier alpha value is -2.15. The van der Waals surface area contributed by atoms with Gasteiger partial charge < -0.3 is 20.1 Å². The molecule has 1 saturated heterocycles. The van der Waals surface area contributed by atoms with E-state index in [2.05, 4.69) is 15.3 Å². The normalized spacial score (nSPS) is 25.8. The fourth-order valence-electron chi connectivity index (χ4n) is 3.42. The number of aliphatic hydroxyl groups excluding tert-OH is 3. The fraction of sp³-hybridized carbons (Fsp3) is 0.350. The van der Waals surface area contributed by atoms with Crippen molar-refractivity contribution in [3.8, 4) is 11.3 Å². The Morgan fingerprint density at radius 3 is 2.53 bits per heavy atom. The minimum Gasteiger partial charge on any atom is -0.394 e. The Kier molecular flexibility index (Phi) is 6.75. The molecular formula is C20H19ClF2N4O4S. The number of halogens is 3. The Bertz CT molecular complexity index is 1100. The van der Waals surface area contributed by atoms with E-state index in [1.165, 1.54) is 30.2 Å². The van der Waals surface area contributed by atoms with E-state index in [0.717, 1.165) is 23.9 Å². The van der Waals surface area contributed by atoms with Crippen LogP contribution < -0.4 is 0 Å². The molecular weight excluding hydrogens is 466 g/mol. The SMILES string of the molecule is Cc1c(F)cc(-c2cn(C3C(O)[C@@H](Sc4cncc(Cl)c4)OC(CO)[C@@H]3O)nn2)cc1F. The summed E-state index contributed by atoms with van der Waals surface area (Å²) in [6.45, 7) is 0.813. The minimum absolute atomic E-state index is 0.113. The highest BCUT2D eigenvalue weighted by Gasteiger charge is 2.46. The van der Waals surface area contributed by atoms with Crippen molar-refractivity contribution in [1.82, 2.24) is 20.0 Å². The van der Waals surface area contributed by atoms with Crippen molar-refractivity contribution in [3.63, 3.8) is 0 Å². The lowest BCUT2D eigenvalue weighted by atomic mass is 9.97. The van der Waals surface area contributed by atoms with Gasteiger partial charge in [0.1, 0.15) is 47.1 Å². The Morgan fingerprint density at radius 1 is 1.16 bits per heavy atom. The van der Waals surface area contributed by atoms with Crippen molar-refractivity contribution in [1.29, 1.82) is 0 Å². The van der Waals surface area contributed by atoms with Gasteiger partial charge in [-0.1, -0.05) is 28.6 Å². The summed E-state index contributed by atoms with van der Waals surface area (Å²) < 4.78 is 34.8. The predicted octanol–water partition coefficient (Wildman–Crippen LogP) is 2.35. The molecule has 0 spiro atoms. The van der Waals surface area contributed by atoms with Gasteiger partial charge in [-0.25, -0.2) is 13.5 Å². The third-order valence-corrected chi connectivity index (χ3v) is 6.50. The molecule has 12 heteroatoms. The lowest BCUT2D eigenvalue weighted by Gasteiger charge is -2.41. The fourth-order valence-corrected chi connectivity index (χ4v) is 4.74. The summed E-state index contributed by atoms with van der Waals surface area (Å²) in [5, 5.41) is 39.6. The maximum Gasteiger partial charge on any atom is 0.136 e. The van der Waals surface area contributed by atoms with Crippen LogP contribution in [-0.2, 0) is 4.74 Å². The Balaban J connectivity index is 1.64. The predicted molar refractivity (Wildman–Crippen MR) is 112 cm³/mol. The van der Waals surface area contributed by atoms with Gasteiger partial charge in [-0.2, -0.15) is 0 Å². The summed E-state index contributed by atoms with van der Waals surface area (Å²) >= 11 is 7.07. The molecule has 2 aromatic heterocycles. The van der Waals surface area contributed by atoms with Crippen molar-refractivity contribution in [2.75, 3.05) is 6.61 Å². The third-order valence-electron chi connectivity index (χ3n) is 5.17. The van der Waals surface area contributed by atoms with E-state index < -0.39 is 48.0 Å². The average Bonchev–Trinajstić information content (AvgIpc) is 3.23. The van der Waals surface area contributed by atoms with Gasteiger partial charge in [-0.15, -0.1) is 5.10 Å². The van der Waals surface area contributed by atoms with Crippen LogP contribution in [0.4, 0.5) is 8.78 Å². The van der Waals surface area contributed by atoms with Gasteiger partial charge >= 0.3 is 0 Å². The lowest BCUT2D eigenvalue weighted by Crippen LogP contribution is -2.55. The van der Waals surface area contributed by atoms with Crippen molar-refractivity contribution in [2.45, 2.75) is 41.6 Å². The third kappa shape index (κ3) is 4.49. The molecule has 1 fully saturated rings. The topological polar surface area (TPSA) is 114 Å². The van der Waals surface area contributed by atoms with E-state index in [9.17, 15) is 24.1 Å². The summed E-state index contributed by atoms with van der Waals surface area (Å²) in [5.41, 5.74) is -0.708. The number of aliphatic hydroxyl groups is 3. The maximum atomic E-state index is 14.0. The molecule has 1 aromatic carbocycles. The molecule has 1 aliphatic rings. The number of pyridine rings is 1. The number of hydrogen-bond acceptors (Lipinski definition) is 8. The van der Waals surface area contributed by atoms with Crippen LogP contribution in [0.2, 0.25) is 5.02 Å². The Morgan fingerprint density at radius 2 is 1.88 bits per heavy atom. The van der Waals surface area contributed by atoms with Gasteiger partial charge in [0.2, 0.25) is 0 Å². The van der Waals surface area contributed by atoms with Crippen LogP contribution >= 0.6 is 23.4 Å². The van der Waals surface area contributed by atoms with Gasteiger partial charge in [0.05, 0.1) is 17.8 Å². The summed E-state index contributed by atoms with van der Waals surface area (Å²) in [6, 6.07) is 2.85. The zero-order valence-electron chi connectivity index (χ0n) is 16.6. The van der Waals surface area contributed by atoms with Gasteiger partial charge in [0.15, 0.2) is 0 Å². The first-order valence-electron chi connectivity index (χ1n) is 9.56. The summed E-state index contributed by atoms with van der Waals surface area (Å²) in [7, 11) is 0. The first-order chi connectivity index (χ1) is 15.3. The molecule has 4 rings (SSSR count). The largest absolute Gasteiger partial charge is 0.394 e. The van der Waals surface area contributed by atoms with Crippen LogP contribution in [0.5, 0.6) is 0 Å². The number of thioether (sulfide) groups is 1. The molecule has 32 heavy (non-hydrogen) atoms. The second-order valence-corrected chi connectivity index (χ2v) is 8.91. The van der Waals surface area contributed by atoms with Crippen LogP contribution in [-0.4, -0.2) is 65.7 Å². The molecule has 0 radical (unpaired) electrons. The van der Waals surface area contributed by atoms with E-state index in [1.807, 2.05) is 0 Å². The van der Waals surface area contributed by atoms with Crippen molar-refractivity contribution >= 4 is 23.4 Å². The number of benzene rings is 1. The molecule has 0 saturated carbocycles. The smallest absolute Gasteiger partial charge is 0.136 e. The number of aromatic nitrogens is 4. The quantitative estimate of drug-likeness (QED) is 0.506. The molecule has 0 bridgehead atoms. The van der Waals surface area contributed by atoms with Crippen molar-refractivity contribution in [3.05, 3.63) is 59.0 Å². The van der Waals surface area contributed by atoms with Crippen molar-refractivity contribution in [2.24, 2.45) is 0 Å². The summed E-state index contributed by atoms with van der Waals surface area (Å²) in [5.74, 6) is -1.46. The maximum absolute atomic E-state index is 14.0. The molecule has 5 atom stereocenters. The van der Waals surface area contributed by atoms with E-state index >= 15 is 0 Å². The molecule has 0 aliphatic carbocycles. The molecule has 3 unspecified atom stereocenters. The van der Waals surface area contributed by atoms with E-state index in [-0.39, 0.29) is 16.8 Å². The van der Waals surface area contributed by atoms with Crippen LogP contribution in [0.1, 0.15) is 11.6 Å². The zero-order valence-corrected chi connectivity index (χ0v) is 18.2. The molecule has 3 N–H and O–H groups in total. The van der Waals surface area contributed by atoms with Gasteiger partial charge in [-0.05, 0) is 25.1 Å². The first kappa shape index (κ1) is 23.0. The van der Waals surface area contributed by atoms with Crippen LogP contribution in [0.3, 0.4) is 0 Å². The molecule has 1 aliphatic heterocycles. The molecule has 170 valence electrons. The van der Waals surface area contributed by atoms with E-state index in [4.69, 9.17) is 16.3 Å². The number of ether oxygens (including phenoxy) is 1. The number of hydrogen-bond donors (Lipinski definition) is 3. The highest BCUT2D eigenvalue weighted by atomic mass is 35.5. The zero-order chi connectivity index (χ0) is 23.0. The second-order valence-electron chi connectivity index (χ2n) is 7.30. The minimum atomic E-state index is -1.33.